The lowest BCUT2D eigenvalue weighted by Crippen LogP contribution is -2.26. The van der Waals surface area contributed by atoms with Crippen LogP contribution < -0.4 is 5.56 Å². The van der Waals surface area contributed by atoms with Crippen molar-refractivity contribution in [2.75, 3.05) is 0 Å². The van der Waals surface area contributed by atoms with Crippen LogP contribution >= 0.6 is 0 Å². The zero-order valence-electron chi connectivity index (χ0n) is 12.0. The molecule has 2 rings (SSSR count). The molecule has 124 valence electrons. The predicted molar refractivity (Wildman–Crippen MR) is 70.9 cm³/mol. The minimum atomic E-state index is -4.86. The topological polar surface area (TPSA) is 93.5 Å². The van der Waals surface area contributed by atoms with Gasteiger partial charge in [0.15, 0.2) is 14.9 Å². The first-order chi connectivity index (χ1) is 9.83. The third kappa shape index (κ3) is 3.03. The Labute approximate surface area is 123 Å². The van der Waals surface area contributed by atoms with E-state index in [9.17, 15) is 26.4 Å². The van der Waals surface area contributed by atoms with Gasteiger partial charge in [-0.1, -0.05) is 5.16 Å². The van der Waals surface area contributed by atoms with Crippen LogP contribution in [0.15, 0.2) is 9.95 Å². The second-order valence-corrected chi connectivity index (χ2v) is 7.59. The van der Waals surface area contributed by atoms with Crippen molar-refractivity contribution in [2.24, 2.45) is 12.2 Å². The van der Waals surface area contributed by atoms with E-state index in [-0.39, 0.29) is 11.5 Å². The summed E-state index contributed by atoms with van der Waals surface area (Å²) in [5.41, 5.74) is -4.13. The monoisotopic (exact) mass is 341 g/mol. The molecule has 0 spiro atoms. The van der Waals surface area contributed by atoms with Crippen molar-refractivity contribution in [3.05, 3.63) is 21.6 Å². The highest BCUT2D eigenvalue weighted by molar-refractivity contribution is 8.05. The summed E-state index contributed by atoms with van der Waals surface area (Å²) < 4.78 is 63.6. The zero-order valence-corrected chi connectivity index (χ0v) is 12.8. The summed E-state index contributed by atoms with van der Waals surface area (Å²) in [4.78, 5) is 16.7. The fraction of sp³-hybridized carbons (Fsp3) is 0.636. The summed E-state index contributed by atoms with van der Waals surface area (Å²) in [6.45, 7) is 3.19. The number of hydrogen-bond acceptors (Lipinski definition) is 5. The Morgan fingerprint density at radius 3 is 2.45 bits per heavy atom. The number of halogens is 3. The fourth-order valence-corrected chi connectivity index (χ4v) is 3.54. The van der Waals surface area contributed by atoms with Gasteiger partial charge in [0.05, 0.1) is 11.3 Å². The molecule has 22 heavy (non-hydrogen) atoms. The molecule has 0 aromatic carbocycles. The molecule has 0 unspecified atom stereocenters. The molecule has 2 heterocycles. The standard InChI is InChI=1S/C11H14F3N3O4S/c1-10(2)4-7(16-21-10)22(19,20)5-6-8(11(12,13)14)15-17(3)9(6)18/h15H,4-5H2,1-3H3. The highest BCUT2D eigenvalue weighted by Gasteiger charge is 2.41. The van der Waals surface area contributed by atoms with Crippen molar-refractivity contribution < 1.29 is 26.4 Å². The Morgan fingerprint density at radius 1 is 1.41 bits per heavy atom. The molecular weight excluding hydrogens is 327 g/mol. The first kappa shape index (κ1) is 16.6. The molecule has 0 atom stereocenters. The van der Waals surface area contributed by atoms with Gasteiger partial charge in [-0.15, -0.1) is 0 Å². The highest BCUT2D eigenvalue weighted by Crippen LogP contribution is 2.31. The third-order valence-electron chi connectivity index (χ3n) is 3.09. The lowest BCUT2D eigenvalue weighted by molar-refractivity contribution is -0.141. The van der Waals surface area contributed by atoms with Crippen LogP contribution in [-0.4, -0.2) is 28.8 Å². The molecule has 7 nitrogen and oxygen atoms in total. The Bertz CT molecular complexity index is 786. The minimum Gasteiger partial charge on any atom is -0.389 e. The molecule has 1 aromatic heterocycles. The van der Waals surface area contributed by atoms with E-state index < -0.39 is 44.2 Å². The van der Waals surface area contributed by atoms with Crippen molar-refractivity contribution in [3.8, 4) is 0 Å². The zero-order chi connectivity index (χ0) is 16.9. The second-order valence-electron chi connectivity index (χ2n) is 5.60. The van der Waals surface area contributed by atoms with E-state index >= 15 is 0 Å². The Hall–Kier alpha value is -1.78. The van der Waals surface area contributed by atoms with E-state index in [0.29, 0.717) is 4.68 Å². The van der Waals surface area contributed by atoms with Crippen LogP contribution in [0.3, 0.4) is 0 Å². The van der Waals surface area contributed by atoms with Crippen LogP contribution in [-0.2, 0) is 33.7 Å². The molecule has 0 bridgehead atoms. The van der Waals surface area contributed by atoms with Crippen molar-refractivity contribution in [1.29, 1.82) is 0 Å². The number of oxime groups is 1. The van der Waals surface area contributed by atoms with Crippen LogP contribution in [0.2, 0.25) is 0 Å². The molecular formula is C11H14F3N3O4S. The van der Waals surface area contributed by atoms with Crippen molar-refractivity contribution >= 4 is 14.9 Å². The molecule has 0 aliphatic carbocycles. The van der Waals surface area contributed by atoms with Crippen LogP contribution in [0.25, 0.3) is 0 Å². The van der Waals surface area contributed by atoms with Gasteiger partial charge >= 0.3 is 6.18 Å². The van der Waals surface area contributed by atoms with Crippen LogP contribution in [0.5, 0.6) is 0 Å². The van der Waals surface area contributed by atoms with E-state index in [1.54, 1.807) is 13.8 Å². The average Bonchev–Trinajstić information content (AvgIpc) is 2.83. The molecule has 0 fully saturated rings. The quantitative estimate of drug-likeness (QED) is 0.873. The van der Waals surface area contributed by atoms with E-state index in [4.69, 9.17) is 4.84 Å². The van der Waals surface area contributed by atoms with Crippen molar-refractivity contribution in [3.63, 3.8) is 0 Å². The number of nitrogens with one attached hydrogen (secondary N) is 1. The Morgan fingerprint density at radius 2 is 2.00 bits per heavy atom. The molecule has 1 N–H and O–H groups in total. The summed E-state index contributed by atoms with van der Waals surface area (Å²) in [6.07, 6.45) is -4.93. The fourth-order valence-electron chi connectivity index (χ4n) is 2.01. The number of nitrogens with zero attached hydrogens (tertiary/aromatic N) is 2. The van der Waals surface area contributed by atoms with Gasteiger partial charge in [0.1, 0.15) is 11.3 Å². The summed E-state index contributed by atoms with van der Waals surface area (Å²) in [5.74, 6) is -1.09. The number of hydrogen-bond donors (Lipinski definition) is 1. The first-order valence-electron chi connectivity index (χ1n) is 6.16. The maximum absolute atomic E-state index is 12.9. The van der Waals surface area contributed by atoms with Crippen LogP contribution in [0, 0.1) is 0 Å². The Kier molecular flexibility index (Phi) is 3.67. The highest BCUT2D eigenvalue weighted by atomic mass is 32.2. The minimum absolute atomic E-state index is 0.0680. The van der Waals surface area contributed by atoms with Crippen molar-refractivity contribution in [2.45, 2.75) is 37.8 Å². The van der Waals surface area contributed by atoms with Crippen LogP contribution in [0.1, 0.15) is 31.5 Å². The smallest absolute Gasteiger partial charge is 0.389 e. The lowest BCUT2D eigenvalue weighted by atomic mass is 10.1. The first-order valence-corrected chi connectivity index (χ1v) is 7.81. The van der Waals surface area contributed by atoms with Crippen molar-refractivity contribution in [1.82, 2.24) is 9.78 Å². The number of rotatable bonds is 2. The summed E-state index contributed by atoms with van der Waals surface area (Å²) in [5, 5.41) is 4.87. The summed E-state index contributed by atoms with van der Waals surface area (Å²) in [6, 6.07) is 0. The molecule has 0 saturated carbocycles. The molecule has 1 aliphatic rings. The SMILES string of the molecule is Cn1[nH]c(C(F)(F)F)c(CS(=O)(=O)C2=NOC(C)(C)C2)c1=O. The van der Waals surface area contributed by atoms with Crippen LogP contribution in [0.4, 0.5) is 13.2 Å². The molecule has 0 amide bonds. The lowest BCUT2D eigenvalue weighted by Gasteiger charge is -2.13. The van der Waals surface area contributed by atoms with E-state index in [2.05, 4.69) is 5.16 Å². The second kappa shape index (κ2) is 4.86. The van der Waals surface area contributed by atoms with Gasteiger partial charge in [0.25, 0.3) is 5.56 Å². The van der Waals surface area contributed by atoms with E-state index in [0.717, 1.165) is 7.05 Å². The normalized spacial score (nSPS) is 18.2. The average molecular weight is 341 g/mol. The molecule has 0 radical (unpaired) electrons. The largest absolute Gasteiger partial charge is 0.433 e. The number of H-pyrrole nitrogens is 1. The predicted octanol–water partition coefficient (Wildman–Crippen LogP) is 1.16. The molecule has 11 heteroatoms. The molecule has 1 aliphatic heterocycles. The van der Waals surface area contributed by atoms with Gasteiger partial charge in [-0.25, -0.2) is 8.42 Å². The van der Waals surface area contributed by atoms with E-state index in [1.165, 1.54) is 0 Å². The number of aryl methyl sites for hydroxylation is 1. The number of aromatic amines is 1. The maximum Gasteiger partial charge on any atom is 0.433 e. The number of sulfone groups is 1. The summed E-state index contributed by atoms with van der Waals surface area (Å²) >= 11 is 0. The maximum atomic E-state index is 12.9. The summed E-state index contributed by atoms with van der Waals surface area (Å²) in [7, 11) is -3.11. The van der Waals surface area contributed by atoms with Gasteiger partial charge in [0.2, 0.25) is 0 Å². The third-order valence-corrected chi connectivity index (χ3v) is 4.70. The van der Waals surface area contributed by atoms with Gasteiger partial charge in [-0.05, 0) is 13.8 Å². The number of alkyl halides is 3. The van der Waals surface area contributed by atoms with Gasteiger partial charge in [0, 0.05) is 13.5 Å². The Balaban J connectivity index is 2.42. The molecule has 0 saturated heterocycles. The van der Waals surface area contributed by atoms with Gasteiger partial charge in [-0.3, -0.25) is 14.6 Å². The molecule has 1 aromatic rings. The number of aromatic nitrogens is 2. The van der Waals surface area contributed by atoms with Gasteiger partial charge < -0.3 is 4.84 Å². The van der Waals surface area contributed by atoms with E-state index in [1.807, 2.05) is 5.10 Å². The van der Waals surface area contributed by atoms with Gasteiger partial charge in [-0.2, -0.15) is 13.2 Å².